The fourth-order valence-electron chi connectivity index (χ4n) is 2.70. The fraction of sp³-hybridized carbons (Fsp3) is 0.286. The third-order valence-electron chi connectivity index (χ3n) is 4.16. The Kier molecular flexibility index (Phi) is 6.33. The zero-order valence-corrected chi connectivity index (χ0v) is 16.2. The highest BCUT2D eigenvalue weighted by atomic mass is 16.6. The van der Waals surface area contributed by atoms with Gasteiger partial charge in [0.15, 0.2) is 17.6 Å². The molecule has 2 N–H and O–H groups in total. The van der Waals surface area contributed by atoms with Crippen LogP contribution >= 0.6 is 0 Å². The van der Waals surface area contributed by atoms with Crippen LogP contribution in [0, 0.1) is 6.92 Å². The van der Waals surface area contributed by atoms with E-state index in [1.807, 2.05) is 13.0 Å². The fourth-order valence-corrected chi connectivity index (χ4v) is 2.70. The molecule has 0 unspecified atom stereocenters. The summed E-state index contributed by atoms with van der Waals surface area (Å²) in [4.78, 5) is 36.3. The number of carbonyl (C=O) groups is 3. The lowest BCUT2D eigenvalue weighted by molar-refractivity contribution is -0.152. The Bertz CT molecular complexity index is 927. The summed E-state index contributed by atoms with van der Waals surface area (Å²) in [5.74, 6) is -0.453. The highest BCUT2D eigenvalue weighted by Crippen LogP contribution is 2.32. The molecule has 0 fully saturated rings. The van der Waals surface area contributed by atoms with Gasteiger partial charge in [0.05, 0.1) is 0 Å². The van der Waals surface area contributed by atoms with Crippen LogP contribution in [-0.2, 0) is 14.3 Å². The van der Waals surface area contributed by atoms with Gasteiger partial charge < -0.3 is 24.8 Å². The molecule has 0 aromatic heterocycles. The minimum Gasteiger partial charge on any atom is -0.486 e. The van der Waals surface area contributed by atoms with E-state index < -0.39 is 18.0 Å². The second-order valence-corrected chi connectivity index (χ2v) is 6.53. The van der Waals surface area contributed by atoms with Crippen molar-refractivity contribution in [3.8, 4) is 11.5 Å². The molecule has 152 valence electrons. The van der Waals surface area contributed by atoms with E-state index in [0.717, 1.165) is 5.56 Å². The van der Waals surface area contributed by atoms with Crippen LogP contribution in [0.5, 0.6) is 11.5 Å². The van der Waals surface area contributed by atoms with Crippen LogP contribution in [0.1, 0.15) is 22.8 Å². The molecule has 2 amide bonds. The van der Waals surface area contributed by atoms with Gasteiger partial charge in [-0.15, -0.1) is 0 Å². The molecule has 1 aliphatic heterocycles. The van der Waals surface area contributed by atoms with Gasteiger partial charge in [-0.05, 0) is 38.1 Å². The molecule has 0 bridgehead atoms. The van der Waals surface area contributed by atoms with Crippen molar-refractivity contribution in [1.82, 2.24) is 5.32 Å². The quantitative estimate of drug-likeness (QED) is 0.722. The van der Waals surface area contributed by atoms with Gasteiger partial charge >= 0.3 is 5.97 Å². The number of fused-ring (bicyclic) bond motifs is 1. The number of hydrogen-bond donors (Lipinski definition) is 2. The molecule has 3 rings (SSSR count). The largest absolute Gasteiger partial charge is 0.486 e. The van der Waals surface area contributed by atoms with Gasteiger partial charge in [-0.25, -0.2) is 0 Å². The van der Waals surface area contributed by atoms with Crippen molar-refractivity contribution in [1.29, 1.82) is 0 Å². The average Bonchev–Trinajstić information content (AvgIpc) is 2.71. The van der Waals surface area contributed by atoms with Crippen LogP contribution in [0.4, 0.5) is 5.69 Å². The second kappa shape index (κ2) is 9.09. The molecule has 2 aromatic rings. The molecule has 0 spiro atoms. The van der Waals surface area contributed by atoms with Gasteiger partial charge in [-0.2, -0.15) is 0 Å². The molecule has 2 aromatic carbocycles. The summed E-state index contributed by atoms with van der Waals surface area (Å²) >= 11 is 0. The monoisotopic (exact) mass is 398 g/mol. The van der Waals surface area contributed by atoms with Gasteiger partial charge in [0.1, 0.15) is 19.8 Å². The van der Waals surface area contributed by atoms with Crippen LogP contribution in [-0.4, -0.2) is 43.6 Å². The van der Waals surface area contributed by atoms with Gasteiger partial charge in [0, 0.05) is 17.3 Å². The van der Waals surface area contributed by atoms with E-state index in [1.54, 1.807) is 36.4 Å². The molecule has 1 heterocycles. The van der Waals surface area contributed by atoms with E-state index in [1.165, 1.54) is 6.92 Å². The lowest BCUT2D eigenvalue weighted by atomic mass is 10.1. The number of carbonyl (C=O) groups excluding carboxylic acids is 3. The van der Waals surface area contributed by atoms with Crippen molar-refractivity contribution in [2.24, 2.45) is 0 Å². The summed E-state index contributed by atoms with van der Waals surface area (Å²) in [5.41, 5.74) is 1.88. The second-order valence-electron chi connectivity index (χ2n) is 6.53. The molecule has 29 heavy (non-hydrogen) atoms. The maximum Gasteiger partial charge on any atom is 0.326 e. The molecular weight excluding hydrogens is 376 g/mol. The Labute approximate surface area is 168 Å². The van der Waals surface area contributed by atoms with E-state index in [4.69, 9.17) is 14.2 Å². The third-order valence-corrected chi connectivity index (χ3v) is 4.16. The van der Waals surface area contributed by atoms with Crippen LogP contribution < -0.4 is 20.1 Å². The van der Waals surface area contributed by atoms with E-state index in [2.05, 4.69) is 10.6 Å². The SMILES string of the molecule is Cc1cccc(C(=O)NCC(=O)O[C@@H](C)C(=O)Nc2ccc3c(c2)OCCO3)c1. The van der Waals surface area contributed by atoms with Gasteiger partial charge in [0.2, 0.25) is 0 Å². The van der Waals surface area contributed by atoms with E-state index in [0.29, 0.717) is 36.0 Å². The maximum atomic E-state index is 12.3. The standard InChI is InChI=1S/C21H22N2O6/c1-13-4-3-5-15(10-13)21(26)22-12-19(24)29-14(2)20(25)23-16-6-7-17-18(11-16)28-9-8-27-17/h3-7,10-11,14H,8-9,12H2,1-2H3,(H,22,26)(H,23,25)/t14-/m0/s1. The highest BCUT2D eigenvalue weighted by molar-refractivity contribution is 5.97. The summed E-state index contributed by atoms with van der Waals surface area (Å²) in [6, 6.07) is 12.0. The smallest absolute Gasteiger partial charge is 0.326 e. The van der Waals surface area contributed by atoms with E-state index >= 15 is 0 Å². The zero-order valence-electron chi connectivity index (χ0n) is 16.2. The Balaban J connectivity index is 1.47. The van der Waals surface area contributed by atoms with Crippen molar-refractivity contribution in [3.05, 3.63) is 53.6 Å². The molecular formula is C21H22N2O6. The van der Waals surface area contributed by atoms with Crippen molar-refractivity contribution in [2.75, 3.05) is 25.1 Å². The van der Waals surface area contributed by atoms with Gasteiger partial charge in [-0.3, -0.25) is 14.4 Å². The molecule has 0 saturated carbocycles. The van der Waals surface area contributed by atoms with Crippen LogP contribution in [0.15, 0.2) is 42.5 Å². The summed E-state index contributed by atoms with van der Waals surface area (Å²) in [6.45, 7) is 3.90. The van der Waals surface area contributed by atoms with Crippen LogP contribution in [0.25, 0.3) is 0 Å². The Morgan fingerprint density at radius 1 is 1.07 bits per heavy atom. The minimum absolute atomic E-state index is 0.339. The molecule has 0 aliphatic carbocycles. The maximum absolute atomic E-state index is 12.3. The number of esters is 1. The minimum atomic E-state index is -1.04. The summed E-state index contributed by atoms with van der Waals surface area (Å²) in [6.07, 6.45) is -1.04. The first-order chi connectivity index (χ1) is 13.9. The molecule has 0 saturated heterocycles. The predicted molar refractivity (Wildman–Crippen MR) is 105 cm³/mol. The first-order valence-corrected chi connectivity index (χ1v) is 9.17. The number of aryl methyl sites for hydroxylation is 1. The van der Waals surface area contributed by atoms with Crippen molar-refractivity contribution in [3.63, 3.8) is 0 Å². The lowest BCUT2D eigenvalue weighted by Crippen LogP contribution is -2.35. The summed E-state index contributed by atoms with van der Waals surface area (Å²) in [5, 5.41) is 5.13. The number of nitrogens with one attached hydrogen (secondary N) is 2. The topological polar surface area (TPSA) is 103 Å². The number of ether oxygens (including phenoxy) is 3. The zero-order chi connectivity index (χ0) is 20.8. The first kappa shape index (κ1) is 20.2. The summed E-state index contributed by atoms with van der Waals surface area (Å²) in [7, 11) is 0. The lowest BCUT2D eigenvalue weighted by Gasteiger charge is -2.19. The molecule has 8 heteroatoms. The Morgan fingerprint density at radius 3 is 2.59 bits per heavy atom. The van der Waals surface area contributed by atoms with Crippen LogP contribution in [0.3, 0.4) is 0 Å². The number of hydrogen-bond acceptors (Lipinski definition) is 6. The number of amides is 2. The highest BCUT2D eigenvalue weighted by Gasteiger charge is 2.20. The Morgan fingerprint density at radius 2 is 1.83 bits per heavy atom. The molecule has 0 radical (unpaired) electrons. The van der Waals surface area contributed by atoms with Gasteiger partial charge in [-0.1, -0.05) is 17.7 Å². The third kappa shape index (κ3) is 5.47. The van der Waals surface area contributed by atoms with E-state index in [-0.39, 0.29) is 12.5 Å². The summed E-state index contributed by atoms with van der Waals surface area (Å²) < 4.78 is 16.0. The van der Waals surface area contributed by atoms with Gasteiger partial charge in [0.25, 0.3) is 11.8 Å². The van der Waals surface area contributed by atoms with E-state index in [9.17, 15) is 14.4 Å². The number of benzene rings is 2. The number of anilines is 1. The number of rotatable bonds is 6. The van der Waals surface area contributed by atoms with Crippen molar-refractivity contribution in [2.45, 2.75) is 20.0 Å². The molecule has 1 aliphatic rings. The normalized spacial score (nSPS) is 13.2. The van der Waals surface area contributed by atoms with Crippen molar-refractivity contribution >= 4 is 23.5 Å². The molecule has 1 atom stereocenters. The average molecular weight is 398 g/mol. The predicted octanol–water partition coefficient (Wildman–Crippen LogP) is 2.07. The Hall–Kier alpha value is -3.55. The first-order valence-electron chi connectivity index (χ1n) is 9.17. The van der Waals surface area contributed by atoms with Crippen LogP contribution in [0.2, 0.25) is 0 Å². The molecule has 8 nitrogen and oxygen atoms in total. The van der Waals surface area contributed by atoms with Crippen molar-refractivity contribution < 1.29 is 28.6 Å².